The lowest BCUT2D eigenvalue weighted by atomic mass is 10.0. The number of nitrogens with two attached hydrogens (primary N) is 1. The Kier molecular flexibility index (Phi) is 3.22. The van der Waals surface area contributed by atoms with Gasteiger partial charge in [0.25, 0.3) is 0 Å². The van der Waals surface area contributed by atoms with Crippen LogP contribution in [0.15, 0.2) is 41.1 Å². The summed E-state index contributed by atoms with van der Waals surface area (Å²) in [6.45, 7) is 2.44. The van der Waals surface area contributed by atoms with Crippen molar-refractivity contribution in [1.82, 2.24) is 4.98 Å². The number of benzene rings is 1. The Bertz CT molecular complexity index is 672. The predicted octanol–water partition coefficient (Wildman–Crippen LogP) is 3.08. The van der Waals surface area contributed by atoms with Gasteiger partial charge in [0.15, 0.2) is 0 Å². The van der Waals surface area contributed by atoms with Crippen molar-refractivity contribution in [2.75, 3.05) is 10.6 Å². The van der Waals surface area contributed by atoms with E-state index in [9.17, 15) is 4.79 Å². The molecule has 1 aliphatic heterocycles. The van der Waals surface area contributed by atoms with Gasteiger partial charge in [0.1, 0.15) is 0 Å². The monoisotopic (exact) mass is 331 g/mol. The molecule has 2 aromatic rings. The molecule has 1 atom stereocenters. The molecular weight excluding hydrogens is 318 g/mol. The molecule has 5 heteroatoms. The number of carbonyl (C=O) groups excluding carboxylic acids is 1. The van der Waals surface area contributed by atoms with E-state index in [1.54, 1.807) is 17.3 Å². The first-order chi connectivity index (χ1) is 9.58. The van der Waals surface area contributed by atoms with Crippen molar-refractivity contribution in [2.45, 2.75) is 19.4 Å². The van der Waals surface area contributed by atoms with Crippen LogP contribution >= 0.6 is 15.9 Å². The average molecular weight is 332 g/mol. The van der Waals surface area contributed by atoms with Gasteiger partial charge < -0.3 is 10.6 Å². The van der Waals surface area contributed by atoms with E-state index in [-0.39, 0.29) is 11.8 Å². The zero-order valence-corrected chi connectivity index (χ0v) is 12.6. The van der Waals surface area contributed by atoms with E-state index in [0.29, 0.717) is 12.2 Å². The summed E-state index contributed by atoms with van der Waals surface area (Å²) in [5, 5.41) is 0. The minimum Gasteiger partial charge on any atom is -0.398 e. The molecule has 2 heterocycles. The van der Waals surface area contributed by atoms with Crippen LogP contribution in [0.25, 0.3) is 0 Å². The van der Waals surface area contributed by atoms with Gasteiger partial charge in [-0.1, -0.05) is 6.07 Å². The molecule has 2 N–H and O–H groups in total. The first kappa shape index (κ1) is 13.1. The molecule has 0 bridgehead atoms. The molecule has 1 aromatic heterocycles. The maximum Gasteiger partial charge on any atom is 0.234 e. The van der Waals surface area contributed by atoms with E-state index in [0.717, 1.165) is 21.3 Å². The number of amides is 1. The van der Waals surface area contributed by atoms with Crippen LogP contribution in [0, 0.1) is 0 Å². The zero-order valence-electron chi connectivity index (χ0n) is 11.0. The van der Waals surface area contributed by atoms with Gasteiger partial charge in [0.2, 0.25) is 5.91 Å². The highest BCUT2D eigenvalue weighted by atomic mass is 79.9. The van der Waals surface area contributed by atoms with Gasteiger partial charge in [-0.05, 0) is 52.2 Å². The topological polar surface area (TPSA) is 59.2 Å². The first-order valence-electron chi connectivity index (χ1n) is 6.37. The number of rotatable bonds is 2. The number of fused-ring (bicyclic) bond motifs is 1. The minimum atomic E-state index is -0.140. The molecule has 102 valence electrons. The highest BCUT2D eigenvalue weighted by Crippen LogP contribution is 2.41. The molecule has 0 saturated heterocycles. The molecule has 0 radical (unpaired) electrons. The van der Waals surface area contributed by atoms with Crippen molar-refractivity contribution >= 4 is 33.2 Å². The third-order valence-electron chi connectivity index (χ3n) is 3.60. The van der Waals surface area contributed by atoms with Gasteiger partial charge in [-0.25, -0.2) is 0 Å². The van der Waals surface area contributed by atoms with Gasteiger partial charge in [-0.3, -0.25) is 9.78 Å². The lowest BCUT2D eigenvalue weighted by Gasteiger charge is -2.18. The van der Waals surface area contributed by atoms with E-state index in [1.165, 1.54) is 0 Å². The summed E-state index contributed by atoms with van der Waals surface area (Å²) in [7, 11) is 0. The van der Waals surface area contributed by atoms with E-state index in [1.807, 2.05) is 31.2 Å². The Morgan fingerprint density at radius 1 is 1.45 bits per heavy atom. The fourth-order valence-electron chi connectivity index (χ4n) is 2.50. The number of nitrogens with zero attached hydrogens (tertiary/aromatic N) is 2. The smallest absolute Gasteiger partial charge is 0.234 e. The Morgan fingerprint density at radius 3 is 2.95 bits per heavy atom. The number of pyridine rings is 1. The summed E-state index contributed by atoms with van der Waals surface area (Å²) >= 11 is 3.42. The number of halogens is 1. The Labute approximate surface area is 125 Å². The number of aromatic nitrogens is 1. The van der Waals surface area contributed by atoms with Crippen LogP contribution in [0.3, 0.4) is 0 Å². The van der Waals surface area contributed by atoms with E-state index in [4.69, 9.17) is 5.73 Å². The Balaban J connectivity index is 2.02. The van der Waals surface area contributed by atoms with Crippen LogP contribution in [0.1, 0.15) is 24.0 Å². The summed E-state index contributed by atoms with van der Waals surface area (Å²) in [5.41, 5.74) is 9.49. The second-order valence-electron chi connectivity index (χ2n) is 4.94. The second-order valence-corrected chi connectivity index (χ2v) is 5.79. The quantitative estimate of drug-likeness (QED) is 0.860. The molecular formula is C15H14BrN3O. The van der Waals surface area contributed by atoms with E-state index < -0.39 is 0 Å². The number of carbonyl (C=O) groups is 1. The van der Waals surface area contributed by atoms with Crippen molar-refractivity contribution in [3.8, 4) is 0 Å². The molecule has 1 aliphatic rings. The molecule has 3 rings (SSSR count). The molecule has 0 aliphatic carbocycles. The minimum absolute atomic E-state index is 0.0985. The van der Waals surface area contributed by atoms with Crippen molar-refractivity contribution in [2.24, 2.45) is 0 Å². The van der Waals surface area contributed by atoms with Gasteiger partial charge in [-0.2, -0.15) is 0 Å². The van der Waals surface area contributed by atoms with Crippen molar-refractivity contribution in [3.63, 3.8) is 0 Å². The maximum atomic E-state index is 12.4. The summed E-state index contributed by atoms with van der Waals surface area (Å²) in [6.07, 6.45) is 3.50. The van der Waals surface area contributed by atoms with Gasteiger partial charge in [0, 0.05) is 22.6 Å². The average Bonchev–Trinajstić information content (AvgIpc) is 2.66. The molecule has 0 spiro atoms. The van der Waals surface area contributed by atoms with E-state index >= 15 is 0 Å². The number of nitrogen functional groups attached to an aromatic ring is 1. The third kappa shape index (κ3) is 2.08. The van der Waals surface area contributed by atoms with Crippen LogP contribution in [0.4, 0.5) is 11.4 Å². The van der Waals surface area contributed by atoms with Gasteiger partial charge in [0.05, 0.1) is 18.2 Å². The van der Waals surface area contributed by atoms with Crippen LogP contribution in [-0.4, -0.2) is 10.9 Å². The summed E-state index contributed by atoms with van der Waals surface area (Å²) in [6, 6.07) is 7.63. The maximum absolute atomic E-state index is 12.4. The lowest BCUT2D eigenvalue weighted by Crippen LogP contribution is -2.27. The molecule has 1 unspecified atom stereocenters. The highest BCUT2D eigenvalue weighted by molar-refractivity contribution is 9.10. The van der Waals surface area contributed by atoms with Crippen molar-refractivity contribution in [1.29, 1.82) is 0 Å². The normalized spacial score (nSPS) is 17.4. The molecule has 1 aromatic carbocycles. The van der Waals surface area contributed by atoms with Crippen molar-refractivity contribution < 1.29 is 4.79 Å². The number of hydrogen-bond donors (Lipinski definition) is 1. The summed E-state index contributed by atoms with van der Waals surface area (Å²) in [4.78, 5) is 18.3. The van der Waals surface area contributed by atoms with Crippen LogP contribution in [-0.2, 0) is 11.3 Å². The SMILES string of the molecule is CC1C(=O)N(Cc2cccnc2)c2cc(N)c(Br)cc21. The first-order valence-corrected chi connectivity index (χ1v) is 7.16. The predicted molar refractivity (Wildman–Crippen MR) is 82.4 cm³/mol. The highest BCUT2D eigenvalue weighted by Gasteiger charge is 2.34. The molecule has 20 heavy (non-hydrogen) atoms. The Morgan fingerprint density at radius 2 is 2.25 bits per heavy atom. The third-order valence-corrected chi connectivity index (χ3v) is 4.29. The number of hydrogen-bond acceptors (Lipinski definition) is 3. The Hall–Kier alpha value is -1.88. The summed E-state index contributed by atoms with van der Waals surface area (Å²) in [5.74, 6) is -0.0417. The zero-order chi connectivity index (χ0) is 14.3. The standard InChI is InChI=1S/C15H14BrN3O/c1-9-11-5-12(16)13(17)6-14(11)19(15(9)20)8-10-3-2-4-18-7-10/h2-7,9H,8,17H2,1H3. The van der Waals surface area contributed by atoms with Gasteiger partial charge in [-0.15, -0.1) is 0 Å². The fraction of sp³-hybridized carbons (Fsp3) is 0.200. The fourth-order valence-corrected chi connectivity index (χ4v) is 2.86. The lowest BCUT2D eigenvalue weighted by molar-refractivity contribution is -0.119. The van der Waals surface area contributed by atoms with Crippen molar-refractivity contribution in [3.05, 3.63) is 52.3 Å². The molecule has 0 saturated carbocycles. The summed E-state index contributed by atoms with van der Waals surface area (Å²) < 4.78 is 0.833. The largest absolute Gasteiger partial charge is 0.398 e. The van der Waals surface area contributed by atoms with Crippen LogP contribution in [0.2, 0.25) is 0 Å². The van der Waals surface area contributed by atoms with E-state index in [2.05, 4.69) is 20.9 Å². The van der Waals surface area contributed by atoms with Crippen LogP contribution in [0.5, 0.6) is 0 Å². The molecule has 1 amide bonds. The molecule has 4 nitrogen and oxygen atoms in total. The van der Waals surface area contributed by atoms with Crippen LogP contribution < -0.4 is 10.6 Å². The number of anilines is 2. The van der Waals surface area contributed by atoms with Gasteiger partial charge >= 0.3 is 0 Å². The molecule has 0 fully saturated rings. The second kappa shape index (κ2) is 4.90.